The van der Waals surface area contributed by atoms with Crippen LogP contribution in [0.3, 0.4) is 0 Å². The molecule has 9 nitrogen and oxygen atoms in total. The zero-order chi connectivity index (χ0) is 21.0. The molecule has 0 aliphatic carbocycles. The molecule has 1 heterocycles. The molecule has 0 aliphatic heterocycles. The summed E-state index contributed by atoms with van der Waals surface area (Å²) in [5.74, 6) is -3.42. The van der Waals surface area contributed by atoms with Gasteiger partial charge >= 0.3 is 5.69 Å². The van der Waals surface area contributed by atoms with Crippen LogP contribution in [-0.4, -0.2) is 20.8 Å². The second-order valence-electron chi connectivity index (χ2n) is 5.52. The van der Waals surface area contributed by atoms with Crippen molar-refractivity contribution < 1.29 is 18.5 Å². The van der Waals surface area contributed by atoms with Gasteiger partial charge in [0.25, 0.3) is 5.91 Å². The summed E-state index contributed by atoms with van der Waals surface area (Å²) in [7, 11) is 0. The van der Waals surface area contributed by atoms with Gasteiger partial charge in [0.1, 0.15) is 6.33 Å². The number of rotatable bonds is 6. The molecule has 0 bridgehead atoms. The Balaban J connectivity index is 1.82. The molecule has 0 saturated heterocycles. The van der Waals surface area contributed by atoms with E-state index in [-0.39, 0.29) is 22.9 Å². The number of halogens is 3. The lowest BCUT2D eigenvalue weighted by Crippen LogP contribution is -2.30. The summed E-state index contributed by atoms with van der Waals surface area (Å²) in [5, 5.41) is 14.4. The molecule has 1 aromatic heterocycles. The molecule has 0 aliphatic rings. The van der Waals surface area contributed by atoms with Crippen molar-refractivity contribution in [1.82, 2.24) is 15.4 Å². The Morgan fingerprint density at radius 1 is 1.03 bits per heavy atom. The van der Waals surface area contributed by atoms with Crippen LogP contribution in [0.5, 0.6) is 0 Å². The number of nitrogens with one attached hydrogen (secondary N) is 3. The molecule has 1 amide bonds. The number of anilines is 3. The molecule has 0 atom stereocenters. The van der Waals surface area contributed by atoms with Crippen molar-refractivity contribution in [2.45, 2.75) is 0 Å². The highest BCUT2D eigenvalue weighted by Gasteiger charge is 2.24. The number of nitro groups is 1. The molecule has 3 aromatic rings. The molecular formula is C17H11ClF2N6O3. The maximum absolute atomic E-state index is 13.4. The quantitative estimate of drug-likeness (QED) is 0.409. The van der Waals surface area contributed by atoms with E-state index in [1.807, 2.05) is 0 Å². The van der Waals surface area contributed by atoms with E-state index in [9.17, 15) is 23.7 Å². The number of benzene rings is 2. The van der Waals surface area contributed by atoms with Crippen molar-refractivity contribution in [3.8, 4) is 0 Å². The van der Waals surface area contributed by atoms with E-state index in [1.165, 1.54) is 30.3 Å². The molecule has 0 spiro atoms. The van der Waals surface area contributed by atoms with Gasteiger partial charge in [0.05, 0.1) is 4.92 Å². The topological polar surface area (TPSA) is 122 Å². The van der Waals surface area contributed by atoms with Crippen LogP contribution in [0.2, 0.25) is 5.02 Å². The lowest BCUT2D eigenvalue weighted by atomic mass is 10.2. The zero-order valence-corrected chi connectivity index (χ0v) is 15.1. The summed E-state index contributed by atoms with van der Waals surface area (Å²) in [4.78, 5) is 30.3. The lowest BCUT2D eigenvalue weighted by Gasteiger charge is -2.11. The molecule has 3 rings (SSSR count). The minimum Gasteiger partial charge on any atom is -0.334 e. The Hall–Kier alpha value is -3.86. The Morgan fingerprint density at radius 2 is 1.72 bits per heavy atom. The summed E-state index contributed by atoms with van der Waals surface area (Å²) in [5.41, 5.74) is 4.29. The first kappa shape index (κ1) is 19.9. The van der Waals surface area contributed by atoms with Crippen LogP contribution in [0, 0.1) is 21.7 Å². The smallest absolute Gasteiger partial charge is 0.334 e. The van der Waals surface area contributed by atoms with Gasteiger partial charge in [0.2, 0.25) is 11.6 Å². The molecule has 3 N–H and O–H groups in total. The molecule has 0 saturated carbocycles. The zero-order valence-electron chi connectivity index (χ0n) is 14.3. The first-order chi connectivity index (χ1) is 13.8. The summed E-state index contributed by atoms with van der Waals surface area (Å²) in [6, 6.07) is 8.79. The van der Waals surface area contributed by atoms with Gasteiger partial charge in [0.15, 0.2) is 11.6 Å². The van der Waals surface area contributed by atoms with Gasteiger partial charge in [-0.05, 0) is 36.4 Å². The van der Waals surface area contributed by atoms with Crippen molar-refractivity contribution in [2.75, 3.05) is 10.7 Å². The van der Waals surface area contributed by atoms with Crippen LogP contribution in [-0.2, 0) is 0 Å². The van der Waals surface area contributed by atoms with Crippen LogP contribution < -0.4 is 16.2 Å². The molecule has 12 heteroatoms. The van der Waals surface area contributed by atoms with Crippen LogP contribution in [0.25, 0.3) is 0 Å². The number of carbonyl (C=O) groups is 1. The van der Waals surface area contributed by atoms with Crippen molar-refractivity contribution in [3.05, 3.63) is 81.1 Å². The second-order valence-corrected chi connectivity index (χ2v) is 5.95. The predicted octanol–water partition coefficient (Wildman–Crippen LogP) is 3.82. The van der Waals surface area contributed by atoms with Crippen molar-refractivity contribution in [1.29, 1.82) is 0 Å². The number of nitrogens with zero attached hydrogens (tertiary/aromatic N) is 3. The van der Waals surface area contributed by atoms with E-state index in [4.69, 9.17) is 11.6 Å². The normalized spacial score (nSPS) is 10.3. The Labute approximate surface area is 166 Å². The minimum atomic E-state index is -1.14. The predicted molar refractivity (Wildman–Crippen MR) is 101 cm³/mol. The van der Waals surface area contributed by atoms with E-state index in [0.29, 0.717) is 5.02 Å². The highest BCUT2D eigenvalue weighted by Crippen LogP contribution is 2.31. The standard InChI is InChI=1S/C17H11ClF2N6O3/c18-10-3-1-9(2-4-10)17(27)25-24-16-14(26(28)29)15(21-8-22-16)23-11-5-6-12(19)13(20)7-11/h1-8H,(H,25,27)(H2,21,22,23,24). The number of carbonyl (C=O) groups excluding carboxylic acids is 1. The third-order valence-corrected chi connectivity index (χ3v) is 3.84. The van der Waals surface area contributed by atoms with E-state index in [2.05, 4.69) is 26.1 Å². The van der Waals surface area contributed by atoms with Crippen molar-refractivity contribution >= 4 is 40.5 Å². The van der Waals surface area contributed by atoms with E-state index >= 15 is 0 Å². The molecule has 0 fully saturated rings. The molecular weight excluding hydrogens is 410 g/mol. The van der Waals surface area contributed by atoms with E-state index < -0.39 is 28.2 Å². The molecule has 2 aromatic carbocycles. The average Bonchev–Trinajstić information content (AvgIpc) is 2.69. The number of hydrogen-bond acceptors (Lipinski definition) is 7. The first-order valence-corrected chi connectivity index (χ1v) is 8.26. The Kier molecular flexibility index (Phi) is 5.79. The maximum atomic E-state index is 13.4. The van der Waals surface area contributed by atoms with Crippen LogP contribution in [0.4, 0.5) is 31.8 Å². The molecule has 29 heavy (non-hydrogen) atoms. The van der Waals surface area contributed by atoms with E-state index in [0.717, 1.165) is 18.5 Å². The van der Waals surface area contributed by atoms with Crippen LogP contribution in [0.1, 0.15) is 10.4 Å². The third-order valence-electron chi connectivity index (χ3n) is 3.59. The number of hydrazine groups is 1. The number of aromatic nitrogens is 2. The Morgan fingerprint density at radius 3 is 2.38 bits per heavy atom. The van der Waals surface area contributed by atoms with Gasteiger partial charge < -0.3 is 5.32 Å². The molecule has 0 unspecified atom stereocenters. The monoisotopic (exact) mass is 420 g/mol. The summed E-state index contributed by atoms with van der Waals surface area (Å²) >= 11 is 5.76. The Bertz CT molecular complexity index is 1080. The fourth-order valence-corrected chi connectivity index (χ4v) is 2.36. The largest absolute Gasteiger partial charge is 0.355 e. The van der Waals surface area contributed by atoms with E-state index in [1.54, 1.807) is 0 Å². The number of amides is 1. The van der Waals surface area contributed by atoms with Gasteiger partial charge in [-0.3, -0.25) is 25.8 Å². The maximum Gasteiger partial charge on any atom is 0.355 e. The van der Waals surface area contributed by atoms with Crippen LogP contribution in [0.15, 0.2) is 48.8 Å². The van der Waals surface area contributed by atoms with Crippen molar-refractivity contribution in [3.63, 3.8) is 0 Å². The summed E-state index contributed by atoms with van der Waals surface area (Å²) < 4.78 is 26.4. The van der Waals surface area contributed by atoms with Gasteiger partial charge in [-0.25, -0.2) is 18.7 Å². The van der Waals surface area contributed by atoms with Gasteiger partial charge in [0, 0.05) is 22.3 Å². The van der Waals surface area contributed by atoms with Crippen molar-refractivity contribution in [2.24, 2.45) is 0 Å². The molecule has 148 valence electrons. The summed E-state index contributed by atoms with van der Waals surface area (Å²) in [6.07, 6.45) is 0.992. The van der Waals surface area contributed by atoms with Gasteiger partial charge in [-0.15, -0.1) is 0 Å². The fourth-order valence-electron chi connectivity index (χ4n) is 2.23. The SMILES string of the molecule is O=C(NNc1ncnc(Nc2ccc(F)c(F)c2)c1[N+](=O)[O-])c1ccc(Cl)cc1. The number of hydrogen-bond donors (Lipinski definition) is 3. The highest BCUT2D eigenvalue weighted by molar-refractivity contribution is 6.30. The minimum absolute atomic E-state index is 0.0295. The van der Waals surface area contributed by atoms with Crippen LogP contribution >= 0.6 is 11.6 Å². The first-order valence-electron chi connectivity index (χ1n) is 7.88. The fraction of sp³-hybridized carbons (Fsp3) is 0. The van der Waals surface area contributed by atoms with Gasteiger partial charge in [-0.1, -0.05) is 11.6 Å². The lowest BCUT2D eigenvalue weighted by molar-refractivity contribution is -0.383. The van der Waals surface area contributed by atoms with Gasteiger partial charge in [-0.2, -0.15) is 0 Å². The molecule has 0 radical (unpaired) electrons. The average molecular weight is 421 g/mol. The highest BCUT2D eigenvalue weighted by atomic mass is 35.5. The summed E-state index contributed by atoms with van der Waals surface area (Å²) in [6.45, 7) is 0. The second kappa shape index (κ2) is 8.44. The third kappa shape index (κ3) is 4.71.